The molecule has 0 saturated carbocycles. The van der Waals surface area contributed by atoms with Crippen LogP contribution in [0.5, 0.6) is 0 Å². The molecule has 5 nitrogen and oxygen atoms in total. The molecular formula is C14H13N3O2. The van der Waals surface area contributed by atoms with Gasteiger partial charge in [0, 0.05) is 18.6 Å². The summed E-state index contributed by atoms with van der Waals surface area (Å²) >= 11 is 0. The summed E-state index contributed by atoms with van der Waals surface area (Å²) in [6, 6.07) is 7.09. The van der Waals surface area contributed by atoms with Crippen molar-refractivity contribution in [2.75, 3.05) is 0 Å². The molecule has 0 bridgehead atoms. The van der Waals surface area contributed by atoms with Crippen LogP contribution in [0.3, 0.4) is 0 Å². The molecule has 0 atom stereocenters. The number of allylic oxidation sites excluding steroid dienone is 1. The molecule has 5 heteroatoms. The Labute approximate surface area is 110 Å². The number of aromatic nitrogens is 1. The Kier molecular flexibility index (Phi) is 4.23. The molecule has 0 unspecified atom stereocenters. The Bertz CT molecular complexity index is 600. The molecule has 0 fully saturated rings. The molecule has 0 aliphatic heterocycles. The Morgan fingerprint density at radius 1 is 1.42 bits per heavy atom. The first kappa shape index (κ1) is 12.8. The molecule has 1 amide bonds. The second-order valence-corrected chi connectivity index (χ2v) is 3.77. The second-order valence-electron chi connectivity index (χ2n) is 3.77. The van der Waals surface area contributed by atoms with Gasteiger partial charge in [-0.2, -0.15) is 5.10 Å². The van der Waals surface area contributed by atoms with Crippen molar-refractivity contribution in [1.82, 2.24) is 10.4 Å². The number of hydrazone groups is 1. The summed E-state index contributed by atoms with van der Waals surface area (Å²) in [5.41, 5.74) is 2.86. The van der Waals surface area contributed by atoms with Gasteiger partial charge in [-0.1, -0.05) is 0 Å². The predicted molar refractivity (Wildman–Crippen MR) is 72.7 cm³/mol. The van der Waals surface area contributed by atoms with Crippen LogP contribution in [0.4, 0.5) is 0 Å². The van der Waals surface area contributed by atoms with Crippen LogP contribution < -0.4 is 5.43 Å². The fraction of sp³-hybridized carbons (Fsp3) is 0.0714. The fourth-order valence-electron chi connectivity index (χ4n) is 1.38. The standard InChI is InChI=1S/C14H13N3O2/c1-11-6-7-13(19-11)5-3-9-16-17-14(18)12-4-2-8-15-10-12/h2-10H,1H3,(H,17,18). The van der Waals surface area contributed by atoms with Crippen LogP contribution in [-0.4, -0.2) is 17.1 Å². The topological polar surface area (TPSA) is 67.5 Å². The monoisotopic (exact) mass is 255 g/mol. The highest BCUT2D eigenvalue weighted by Gasteiger charge is 2.01. The first-order valence-electron chi connectivity index (χ1n) is 5.72. The highest BCUT2D eigenvalue weighted by Crippen LogP contribution is 2.07. The van der Waals surface area contributed by atoms with Gasteiger partial charge in [0.25, 0.3) is 5.91 Å². The maximum Gasteiger partial charge on any atom is 0.272 e. The van der Waals surface area contributed by atoms with Crippen LogP contribution in [0.25, 0.3) is 6.08 Å². The quantitative estimate of drug-likeness (QED) is 0.673. The lowest BCUT2D eigenvalue weighted by atomic mass is 10.3. The maximum absolute atomic E-state index is 11.6. The van der Waals surface area contributed by atoms with Crippen LogP contribution in [0.2, 0.25) is 0 Å². The highest BCUT2D eigenvalue weighted by molar-refractivity contribution is 5.94. The third-order valence-electron chi connectivity index (χ3n) is 2.27. The van der Waals surface area contributed by atoms with Crippen molar-refractivity contribution >= 4 is 18.2 Å². The van der Waals surface area contributed by atoms with Gasteiger partial charge in [0.15, 0.2) is 0 Å². The summed E-state index contributed by atoms with van der Waals surface area (Å²) in [5.74, 6) is 1.29. The van der Waals surface area contributed by atoms with Crippen molar-refractivity contribution in [1.29, 1.82) is 0 Å². The Morgan fingerprint density at radius 3 is 3.00 bits per heavy atom. The maximum atomic E-state index is 11.6. The fourth-order valence-corrected chi connectivity index (χ4v) is 1.38. The van der Waals surface area contributed by atoms with E-state index in [1.54, 1.807) is 30.5 Å². The number of pyridine rings is 1. The number of nitrogens with zero attached hydrogens (tertiary/aromatic N) is 2. The number of nitrogens with one attached hydrogen (secondary N) is 1. The van der Waals surface area contributed by atoms with E-state index in [4.69, 9.17) is 4.42 Å². The average Bonchev–Trinajstić information content (AvgIpc) is 2.85. The molecule has 2 aromatic heterocycles. The Hall–Kier alpha value is -2.69. The van der Waals surface area contributed by atoms with E-state index in [9.17, 15) is 4.79 Å². The van der Waals surface area contributed by atoms with E-state index in [1.165, 1.54) is 12.4 Å². The zero-order valence-electron chi connectivity index (χ0n) is 10.4. The minimum atomic E-state index is -0.299. The third-order valence-corrected chi connectivity index (χ3v) is 2.27. The molecule has 19 heavy (non-hydrogen) atoms. The normalized spacial score (nSPS) is 11.2. The zero-order valence-corrected chi connectivity index (χ0v) is 10.4. The zero-order chi connectivity index (χ0) is 13.5. The minimum Gasteiger partial charge on any atom is -0.462 e. The van der Waals surface area contributed by atoms with Crippen LogP contribution in [0.15, 0.2) is 52.3 Å². The summed E-state index contributed by atoms with van der Waals surface area (Å²) < 4.78 is 5.34. The van der Waals surface area contributed by atoms with Crippen LogP contribution in [-0.2, 0) is 0 Å². The molecule has 0 radical (unpaired) electrons. The lowest BCUT2D eigenvalue weighted by Crippen LogP contribution is -2.17. The van der Waals surface area contributed by atoms with E-state index in [0.717, 1.165) is 11.5 Å². The number of hydrogen-bond acceptors (Lipinski definition) is 4. The van der Waals surface area contributed by atoms with E-state index in [2.05, 4.69) is 15.5 Å². The number of furan rings is 1. The lowest BCUT2D eigenvalue weighted by Gasteiger charge is -1.96. The van der Waals surface area contributed by atoms with Crippen molar-refractivity contribution < 1.29 is 9.21 Å². The highest BCUT2D eigenvalue weighted by atomic mass is 16.3. The van der Waals surface area contributed by atoms with Crippen molar-refractivity contribution in [3.63, 3.8) is 0 Å². The van der Waals surface area contributed by atoms with Gasteiger partial charge in [0.05, 0.1) is 5.56 Å². The van der Waals surface area contributed by atoms with Crippen LogP contribution in [0.1, 0.15) is 21.9 Å². The summed E-state index contributed by atoms with van der Waals surface area (Å²) in [4.78, 5) is 15.4. The number of rotatable bonds is 4. The molecule has 0 aliphatic carbocycles. The Balaban J connectivity index is 1.84. The van der Waals surface area contributed by atoms with Crippen molar-refractivity contribution in [3.8, 4) is 0 Å². The molecule has 2 heterocycles. The van der Waals surface area contributed by atoms with Gasteiger partial charge < -0.3 is 4.42 Å². The molecule has 0 spiro atoms. The van der Waals surface area contributed by atoms with Gasteiger partial charge in [-0.05, 0) is 43.3 Å². The third kappa shape index (κ3) is 3.92. The summed E-state index contributed by atoms with van der Waals surface area (Å²) in [7, 11) is 0. The van der Waals surface area contributed by atoms with E-state index in [1.807, 2.05) is 19.1 Å². The second kappa shape index (κ2) is 6.30. The smallest absolute Gasteiger partial charge is 0.272 e. The minimum absolute atomic E-state index is 0.299. The number of amides is 1. The molecule has 1 N–H and O–H groups in total. The molecule has 0 saturated heterocycles. The van der Waals surface area contributed by atoms with Gasteiger partial charge in [0.2, 0.25) is 0 Å². The van der Waals surface area contributed by atoms with E-state index < -0.39 is 0 Å². The van der Waals surface area contributed by atoms with E-state index >= 15 is 0 Å². The van der Waals surface area contributed by atoms with Gasteiger partial charge in [0.1, 0.15) is 11.5 Å². The molecule has 0 aromatic carbocycles. The first-order chi connectivity index (χ1) is 9.25. The van der Waals surface area contributed by atoms with Gasteiger partial charge in [-0.25, -0.2) is 5.43 Å². The van der Waals surface area contributed by atoms with E-state index in [-0.39, 0.29) is 5.91 Å². The molecule has 2 aromatic rings. The van der Waals surface area contributed by atoms with Gasteiger partial charge in [-0.3, -0.25) is 9.78 Å². The molecule has 96 valence electrons. The van der Waals surface area contributed by atoms with Crippen molar-refractivity contribution in [3.05, 3.63) is 59.8 Å². The largest absolute Gasteiger partial charge is 0.462 e. The van der Waals surface area contributed by atoms with Crippen molar-refractivity contribution in [2.24, 2.45) is 5.10 Å². The lowest BCUT2D eigenvalue weighted by molar-refractivity contribution is 0.0955. The van der Waals surface area contributed by atoms with Crippen molar-refractivity contribution in [2.45, 2.75) is 6.92 Å². The number of aryl methyl sites for hydroxylation is 1. The summed E-state index contributed by atoms with van der Waals surface area (Å²) in [6.07, 6.45) is 8.00. The number of carbonyl (C=O) groups is 1. The Morgan fingerprint density at radius 2 is 2.32 bits per heavy atom. The molecular weight excluding hydrogens is 242 g/mol. The SMILES string of the molecule is Cc1ccc(C=CC=NNC(=O)c2cccnc2)o1. The van der Waals surface area contributed by atoms with Crippen LogP contribution >= 0.6 is 0 Å². The molecule has 2 rings (SSSR count). The van der Waals surface area contributed by atoms with Gasteiger partial charge in [-0.15, -0.1) is 0 Å². The number of hydrogen-bond donors (Lipinski definition) is 1. The van der Waals surface area contributed by atoms with Gasteiger partial charge >= 0.3 is 0 Å². The summed E-state index contributed by atoms with van der Waals surface area (Å²) in [6.45, 7) is 1.87. The average molecular weight is 255 g/mol. The molecule has 0 aliphatic rings. The number of carbonyl (C=O) groups excluding carboxylic acids is 1. The predicted octanol–water partition coefficient (Wildman–Crippen LogP) is 2.41. The van der Waals surface area contributed by atoms with E-state index in [0.29, 0.717) is 5.56 Å². The first-order valence-corrected chi connectivity index (χ1v) is 5.72. The van der Waals surface area contributed by atoms with Crippen LogP contribution in [0, 0.1) is 6.92 Å². The summed E-state index contributed by atoms with van der Waals surface area (Å²) in [5, 5.41) is 3.79.